The third kappa shape index (κ3) is 2.52. The first-order valence-electron chi connectivity index (χ1n) is 6.85. The molecule has 2 aliphatic rings. The monoisotopic (exact) mass is 224 g/mol. The van der Waals surface area contributed by atoms with Crippen molar-refractivity contribution in [1.82, 2.24) is 0 Å². The van der Waals surface area contributed by atoms with Crippen molar-refractivity contribution >= 4 is 10.8 Å². The van der Waals surface area contributed by atoms with E-state index < -0.39 is 0 Å². The molecule has 2 saturated carbocycles. The molecular formula is C17H20. The van der Waals surface area contributed by atoms with Crippen molar-refractivity contribution in [2.24, 2.45) is 11.8 Å². The maximum absolute atomic E-state index is 2.12. The first-order valence-corrected chi connectivity index (χ1v) is 6.85. The lowest BCUT2D eigenvalue weighted by Crippen LogP contribution is -1.90. The van der Waals surface area contributed by atoms with Crippen LogP contribution in [-0.2, 0) is 0 Å². The SMILES string of the molecule is C1CC2CCC1C2.c1ccc2ccccc2c1. The van der Waals surface area contributed by atoms with Gasteiger partial charge >= 0.3 is 0 Å². The zero-order valence-electron chi connectivity index (χ0n) is 10.3. The minimum atomic E-state index is 1.17. The third-order valence-electron chi connectivity index (χ3n) is 4.29. The number of benzene rings is 2. The highest BCUT2D eigenvalue weighted by Crippen LogP contribution is 2.43. The van der Waals surface area contributed by atoms with Crippen molar-refractivity contribution in [2.75, 3.05) is 0 Å². The highest BCUT2D eigenvalue weighted by Gasteiger charge is 2.30. The van der Waals surface area contributed by atoms with Crippen LogP contribution in [0.5, 0.6) is 0 Å². The normalized spacial score (nSPS) is 25.6. The number of fused-ring (bicyclic) bond motifs is 3. The molecule has 2 aliphatic carbocycles. The van der Waals surface area contributed by atoms with Crippen molar-refractivity contribution < 1.29 is 0 Å². The molecule has 0 heterocycles. The summed E-state index contributed by atoms with van der Waals surface area (Å²) in [6.45, 7) is 0. The first kappa shape index (κ1) is 10.8. The van der Waals surface area contributed by atoms with E-state index in [0.29, 0.717) is 0 Å². The Morgan fingerprint density at radius 3 is 1.18 bits per heavy atom. The molecule has 0 amide bonds. The Hall–Kier alpha value is -1.30. The predicted octanol–water partition coefficient (Wildman–Crippen LogP) is 5.04. The van der Waals surface area contributed by atoms with Gasteiger partial charge in [-0.25, -0.2) is 0 Å². The molecule has 2 bridgehead atoms. The van der Waals surface area contributed by atoms with E-state index in [4.69, 9.17) is 0 Å². The van der Waals surface area contributed by atoms with Crippen molar-refractivity contribution in [3.8, 4) is 0 Å². The largest absolute Gasteiger partial charge is 0.0616 e. The summed E-state index contributed by atoms with van der Waals surface area (Å²) in [5.74, 6) is 2.34. The second kappa shape index (κ2) is 4.91. The van der Waals surface area contributed by atoms with Gasteiger partial charge in [-0.3, -0.25) is 0 Å². The lowest BCUT2D eigenvalue weighted by molar-refractivity contribution is 0.480. The molecule has 0 heteroatoms. The summed E-state index contributed by atoms with van der Waals surface area (Å²) in [5.41, 5.74) is 0. The van der Waals surface area contributed by atoms with Crippen LogP contribution < -0.4 is 0 Å². The molecule has 0 unspecified atom stereocenters. The number of hydrogen-bond acceptors (Lipinski definition) is 0. The van der Waals surface area contributed by atoms with Crippen LogP contribution in [0.2, 0.25) is 0 Å². The molecule has 17 heavy (non-hydrogen) atoms. The minimum absolute atomic E-state index is 1.17. The van der Waals surface area contributed by atoms with Gasteiger partial charge < -0.3 is 0 Å². The number of hydrogen-bond donors (Lipinski definition) is 0. The fraction of sp³-hybridized carbons (Fsp3) is 0.412. The summed E-state index contributed by atoms with van der Waals surface area (Å²) < 4.78 is 0. The van der Waals surface area contributed by atoms with E-state index in [1.165, 1.54) is 22.6 Å². The molecule has 88 valence electrons. The second-order valence-electron chi connectivity index (χ2n) is 5.47. The molecule has 2 aromatic rings. The molecule has 2 aromatic carbocycles. The van der Waals surface area contributed by atoms with E-state index in [9.17, 15) is 0 Å². The molecule has 0 spiro atoms. The van der Waals surface area contributed by atoms with Crippen LogP contribution >= 0.6 is 0 Å². The molecule has 0 aliphatic heterocycles. The Morgan fingerprint density at radius 2 is 0.941 bits per heavy atom. The Bertz CT molecular complexity index is 403. The zero-order valence-corrected chi connectivity index (χ0v) is 10.3. The molecule has 0 atom stereocenters. The van der Waals surface area contributed by atoms with E-state index in [0.717, 1.165) is 0 Å². The average molecular weight is 224 g/mol. The summed E-state index contributed by atoms with van der Waals surface area (Å²) >= 11 is 0. The standard InChI is InChI=1S/C10H8.C7H12/c1-2-6-10-8-4-3-7-9(10)5-1;1-2-7-4-3-6(1)5-7/h1-8H;6-7H,1-5H2. The van der Waals surface area contributed by atoms with Gasteiger partial charge in [-0.2, -0.15) is 0 Å². The van der Waals surface area contributed by atoms with Crippen LogP contribution in [-0.4, -0.2) is 0 Å². The van der Waals surface area contributed by atoms with Gasteiger partial charge in [0.25, 0.3) is 0 Å². The van der Waals surface area contributed by atoms with Crippen molar-refractivity contribution in [3.05, 3.63) is 48.5 Å². The molecule has 0 nitrogen and oxygen atoms in total. The lowest BCUT2D eigenvalue weighted by atomic mass is 10.0. The Labute approximate surface area is 104 Å². The topological polar surface area (TPSA) is 0 Å². The lowest BCUT2D eigenvalue weighted by Gasteiger charge is -2.05. The van der Waals surface area contributed by atoms with Crippen molar-refractivity contribution in [3.63, 3.8) is 0 Å². The maximum atomic E-state index is 2.12. The van der Waals surface area contributed by atoms with Crippen LogP contribution in [0.4, 0.5) is 0 Å². The van der Waals surface area contributed by atoms with Gasteiger partial charge in [0.1, 0.15) is 0 Å². The smallest absolute Gasteiger partial charge is 0.0184 e. The summed E-state index contributed by atoms with van der Waals surface area (Å²) in [4.78, 5) is 0. The number of rotatable bonds is 0. The summed E-state index contributed by atoms with van der Waals surface area (Å²) in [6.07, 6.45) is 7.82. The molecule has 4 rings (SSSR count). The van der Waals surface area contributed by atoms with Crippen molar-refractivity contribution in [2.45, 2.75) is 32.1 Å². The molecule has 0 radical (unpaired) electrons. The van der Waals surface area contributed by atoms with E-state index in [2.05, 4.69) is 48.5 Å². The predicted molar refractivity (Wildman–Crippen MR) is 74.0 cm³/mol. The highest BCUT2D eigenvalue weighted by molar-refractivity contribution is 5.81. The van der Waals surface area contributed by atoms with E-state index in [1.54, 1.807) is 32.1 Å². The van der Waals surface area contributed by atoms with Crippen LogP contribution in [0.25, 0.3) is 10.8 Å². The summed E-state index contributed by atoms with van der Waals surface area (Å²) in [7, 11) is 0. The first-order chi connectivity index (χ1) is 8.42. The van der Waals surface area contributed by atoms with Gasteiger partial charge in [-0.05, 0) is 29.0 Å². The molecule has 0 aromatic heterocycles. The Kier molecular flexibility index (Phi) is 3.13. The fourth-order valence-corrected chi connectivity index (χ4v) is 3.31. The van der Waals surface area contributed by atoms with E-state index in [1.807, 2.05) is 0 Å². The van der Waals surface area contributed by atoms with Crippen LogP contribution in [0.1, 0.15) is 32.1 Å². The average Bonchev–Trinajstić information content (AvgIpc) is 3.04. The summed E-state index contributed by atoms with van der Waals surface area (Å²) in [6, 6.07) is 16.7. The van der Waals surface area contributed by atoms with Crippen LogP contribution in [0.15, 0.2) is 48.5 Å². The molecule has 2 fully saturated rings. The van der Waals surface area contributed by atoms with Gasteiger partial charge in [-0.15, -0.1) is 0 Å². The van der Waals surface area contributed by atoms with E-state index in [-0.39, 0.29) is 0 Å². The van der Waals surface area contributed by atoms with Crippen LogP contribution in [0.3, 0.4) is 0 Å². The van der Waals surface area contributed by atoms with Crippen molar-refractivity contribution in [1.29, 1.82) is 0 Å². The van der Waals surface area contributed by atoms with Gasteiger partial charge in [0.2, 0.25) is 0 Å². The summed E-state index contributed by atoms with van der Waals surface area (Å²) in [5, 5.41) is 2.62. The van der Waals surface area contributed by atoms with Crippen LogP contribution in [0, 0.1) is 11.8 Å². The van der Waals surface area contributed by atoms with Gasteiger partial charge in [0.05, 0.1) is 0 Å². The maximum Gasteiger partial charge on any atom is -0.0184 e. The van der Waals surface area contributed by atoms with Gasteiger partial charge in [0.15, 0.2) is 0 Å². The molecule has 0 saturated heterocycles. The van der Waals surface area contributed by atoms with Gasteiger partial charge in [0, 0.05) is 0 Å². The minimum Gasteiger partial charge on any atom is -0.0616 e. The zero-order chi connectivity index (χ0) is 11.5. The third-order valence-corrected chi connectivity index (χ3v) is 4.29. The molecule has 0 N–H and O–H groups in total. The highest BCUT2D eigenvalue weighted by atomic mass is 14.4. The van der Waals surface area contributed by atoms with E-state index >= 15 is 0 Å². The van der Waals surface area contributed by atoms with Gasteiger partial charge in [-0.1, -0.05) is 74.2 Å². The second-order valence-corrected chi connectivity index (χ2v) is 5.47. The molecular weight excluding hydrogens is 204 g/mol. The fourth-order valence-electron chi connectivity index (χ4n) is 3.31. The Morgan fingerprint density at radius 1 is 0.588 bits per heavy atom. The quantitative estimate of drug-likeness (QED) is 0.588. The Balaban J connectivity index is 0.000000113.